The zero-order chi connectivity index (χ0) is 11.7. The van der Waals surface area contributed by atoms with Crippen molar-refractivity contribution in [3.8, 4) is 0 Å². The van der Waals surface area contributed by atoms with Crippen LogP contribution < -0.4 is 0 Å². The fraction of sp³-hybridized carbons (Fsp3) is 0.333. The first kappa shape index (κ1) is 11.1. The van der Waals surface area contributed by atoms with Gasteiger partial charge in [-0.3, -0.25) is 0 Å². The Bertz CT molecular complexity index is 400. The molecule has 6 nitrogen and oxygen atoms in total. The molecular weight excluding hydrogens is 236 g/mol. The number of rotatable bonds is 3. The van der Waals surface area contributed by atoms with Crippen molar-refractivity contribution < 1.29 is 29.3 Å². The molecule has 2 rings (SSSR count). The summed E-state index contributed by atoms with van der Waals surface area (Å²) in [6.45, 7) is 0.848. The van der Waals surface area contributed by atoms with Gasteiger partial charge in [0.05, 0.1) is 23.7 Å². The van der Waals surface area contributed by atoms with Crippen molar-refractivity contribution in [1.82, 2.24) is 0 Å². The second-order valence-corrected chi connectivity index (χ2v) is 4.16. The molecule has 0 bridgehead atoms. The molecule has 1 aliphatic heterocycles. The molecule has 1 aliphatic rings. The van der Waals surface area contributed by atoms with Gasteiger partial charge in [0.2, 0.25) is 0 Å². The van der Waals surface area contributed by atoms with Gasteiger partial charge >= 0.3 is 11.9 Å². The largest absolute Gasteiger partial charge is 0.478 e. The lowest BCUT2D eigenvalue weighted by Crippen LogP contribution is -2.03. The Morgan fingerprint density at radius 2 is 1.88 bits per heavy atom. The number of hydrogen-bond acceptors (Lipinski definition) is 5. The van der Waals surface area contributed by atoms with E-state index in [9.17, 15) is 9.59 Å². The molecule has 1 fully saturated rings. The number of ether oxygens (including phenoxy) is 2. The highest BCUT2D eigenvalue weighted by atomic mass is 32.1. The van der Waals surface area contributed by atoms with Crippen molar-refractivity contribution in [2.45, 2.75) is 6.29 Å². The first-order chi connectivity index (χ1) is 7.59. The Morgan fingerprint density at radius 1 is 1.25 bits per heavy atom. The summed E-state index contributed by atoms with van der Waals surface area (Å²) in [6.07, 6.45) is -0.642. The van der Waals surface area contributed by atoms with E-state index >= 15 is 0 Å². The minimum absolute atomic E-state index is 0.207. The average molecular weight is 244 g/mol. The van der Waals surface area contributed by atoms with Crippen molar-refractivity contribution in [3.63, 3.8) is 0 Å². The molecule has 0 amide bonds. The number of carboxylic acids is 2. The van der Waals surface area contributed by atoms with E-state index in [2.05, 4.69) is 0 Å². The van der Waals surface area contributed by atoms with Gasteiger partial charge in [-0.2, -0.15) is 0 Å². The number of hydrogen-bond donors (Lipinski definition) is 2. The summed E-state index contributed by atoms with van der Waals surface area (Å²) in [5.41, 5.74) is -0.230. The van der Waals surface area contributed by atoms with Gasteiger partial charge in [0.25, 0.3) is 0 Å². The monoisotopic (exact) mass is 244 g/mol. The summed E-state index contributed by atoms with van der Waals surface area (Å²) in [5.74, 6) is -2.52. The normalized spacial score (nSPS) is 16.5. The second kappa shape index (κ2) is 4.20. The van der Waals surface area contributed by atoms with E-state index in [1.807, 2.05) is 0 Å². The maximum Gasteiger partial charge on any atom is 0.346 e. The van der Waals surface area contributed by atoms with Gasteiger partial charge in [-0.1, -0.05) is 0 Å². The summed E-state index contributed by atoms with van der Waals surface area (Å²) in [6, 6.07) is 1.28. The fourth-order valence-corrected chi connectivity index (χ4v) is 2.35. The van der Waals surface area contributed by atoms with Crippen LogP contribution in [0.3, 0.4) is 0 Å². The van der Waals surface area contributed by atoms with E-state index in [4.69, 9.17) is 19.7 Å². The summed E-state index contributed by atoms with van der Waals surface area (Å²) < 4.78 is 10.3. The van der Waals surface area contributed by atoms with Gasteiger partial charge in [-0.25, -0.2) is 9.59 Å². The molecule has 7 heteroatoms. The van der Waals surface area contributed by atoms with Crippen LogP contribution >= 0.6 is 11.3 Å². The molecule has 86 valence electrons. The van der Waals surface area contributed by atoms with Crippen LogP contribution in [0.4, 0.5) is 0 Å². The van der Waals surface area contributed by atoms with E-state index in [0.29, 0.717) is 18.1 Å². The molecule has 1 aromatic rings. The number of thiophene rings is 1. The van der Waals surface area contributed by atoms with Crippen LogP contribution in [-0.2, 0) is 9.47 Å². The van der Waals surface area contributed by atoms with Crippen molar-refractivity contribution >= 4 is 23.3 Å². The lowest BCUT2D eigenvalue weighted by Gasteiger charge is -2.04. The van der Waals surface area contributed by atoms with Crippen LogP contribution in [-0.4, -0.2) is 35.4 Å². The molecule has 0 spiro atoms. The minimum atomic E-state index is -1.27. The smallest absolute Gasteiger partial charge is 0.346 e. The summed E-state index contributed by atoms with van der Waals surface area (Å²) in [7, 11) is 0. The highest BCUT2D eigenvalue weighted by molar-refractivity contribution is 7.14. The van der Waals surface area contributed by atoms with Crippen molar-refractivity contribution in [2.75, 3.05) is 13.2 Å². The third kappa shape index (κ3) is 1.92. The first-order valence-electron chi connectivity index (χ1n) is 4.43. The van der Waals surface area contributed by atoms with Crippen LogP contribution in [0.15, 0.2) is 6.07 Å². The molecule has 2 N–H and O–H groups in total. The maximum atomic E-state index is 10.8. The summed E-state index contributed by atoms with van der Waals surface area (Å²) >= 11 is 0.863. The van der Waals surface area contributed by atoms with Crippen molar-refractivity contribution in [1.29, 1.82) is 0 Å². The summed E-state index contributed by atoms with van der Waals surface area (Å²) in [4.78, 5) is 21.9. The fourth-order valence-electron chi connectivity index (χ4n) is 1.37. The molecule has 1 saturated heterocycles. The third-order valence-corrected chi connectivity index (χ3v) is 3.17. The molecule has 0 aromatic carbocycles. The Balaban J connectivity index is 2.37. The van der Waals surface area contributed by atoms with Gasteiger partial charge in [-0.15, -0.1) is 11.3 Å². The van der Waals surface area contributed by atoms with Gasteiger partial charge in [0.1, 0.15) is 4.88 Å². The van der Waals surface area contributed by atoms with Crippen LogP contribution in [0.25, 0.3) is 0 Å². The molecule has 0 aliphatic carbocycles. The average Bonchev–Trinajstić information content (AvgIpc) is 2.86. The predicted molar refractivity (Wildman–Crippen MR) is 52.9 cm³/mol. The standard InChI is InChI=1S/C9H8O6S/c10-7(11)4-3-5(9-14-1-2-15-9)16-6(4)8(12)13/h3,9H,1-2H2,(H,10,11)(H,12,13). The molecule has 1 aromatic heterocycles. The SMILES string of the molecule is O=C(O)c1cc(C2OCCO2)sc1C(=O)O. The minimum Gasteiger partial charge on any atom is -0.478 e. The van der Waals surface area contributed by atoms with E-state index in [1.54, 1.807) is 0 Å². The van der Waals surface area contributed by atoms with Gasteiger partial charge < -0.3 is 19.7 Å². The lowest BCUT2D eigenvalue weighted by atomic mass is 10.2. The van der Waals surface area contributed by atoms with Crippen molar-refractivity contribution in [3.05, 3.63) is 21.4 Å². The molecule has 0 radical (unpaired) electrons. The van der Waals surface area contributed by atoms with Gasteiger partial charge in [0.15, 0.2) is 6.29 Å². The van der Waals surface area contributed by atoms with Gasteiger partial charge in [0, 0.05) is 0 Å². The topological polar surface area (TPSA) is 93.1 Å². The van der Waals surface area contributed by atoms with Crippen LogP contribution in [0, 0.1) is 0 Å². The van der Waals surface area contributed by atoms with E-state index in [-0.39, 0.29) is 10.4 Å². The quantitative estimate of drug-likeness (QED) is 0.829. The summed E-state index contributed by atoms with van der Waals surface area (Å²) in [5, 5.41) is 17.7. The highest BCUT2D eigenvalue weighted by Gasteiger charge is 2.27. The maximum absolute atomic E-state index is 10.8. The number of carbonyl (C=O) groups is 2. The van der Waals surface area contributed by atoms with E-state index in [0.717, 1.165) is 11.3 Å². The highest BCUT2D eigenvalue weighted by Crippen LogP contribution is 2.32. The zero-order valence-electron chi connectivity index (χ0n) is 8.00. The first-order valence-corrected chi connectivity index (χ1v) is 5.24. The molecule has 0 saturated carbocycles. The molecule has 0 atom stereocenters. The molecule has 2 heterocycles. The lowest BCUT2D eigenvalue weighted by molar-refractivity contribution is -0.0413. The Kier molecular flexibility index (Phi) is 2.90. The molecule has 0 unspecified atom stereocenters. The van der Waals surface area contributed by atoms with E-state index < -0.39 is 18.2 Å². The van der Waals surface area contributed by atoms with E-state index in [1.165, 1.54) is 6.07 Å². The molecule has 16 heavy (non-hydrogen) atoms. The zero-order valence-corrected chi connectivity index (χ0v) is 8.82. The molecular formula is C9H8O6S. The number of aromatic carboxylic acids is 2. The second-order valence-electron chi connectivity index (χ2n) is 3.08. The Labute approximate surface area is 94.0 Å². The predicted octanol–water partition coefficient (Wildman–Crippen LogP) is 1.19. The third-order valence-electron chi connectivity index (χ3n) is 2.03. The van der Waals surface area contributed by atoms with Crippen LogP contribution in [0.1, 0.15) is 31.2 Å². The Hall–Kier alpha value is -1.44. The Morgan fingerprint density at radius 3 is 2.31 bits per heavy atom. The van der Waals surface area contributed by atoms with Crippen LogP contribution in [0.2, 0.25) is 0 Å². The number of carboxylic acid groups (broad SMARTS) is 2. The van der Waals surface area contributed by atoms with Crippen molar-refractivity contribution in [2.24, 2.45) is 0 Å². The van der Waals surface area contributed by atoms with Gasteiger partial charge in [-0.05, 0) is 6.07 Å². The van der Waals surface area contributed by atoms with Crippen LogP contribution in [0.5, 0.6) is 0 Å².